The molecule has 0 bridgehead atoms. The van der Waals surface area contributed by atoms with Crippen LogP contribution < -0.4 is 16.2 Å². The molecular weight excluding hydrogens is 442 g/mol. The van der Waals surface area contributed by atoms with Crippen molar-refractivity contribution in [1.82, 2.24) is 9.97 Å². The average molecular weight is 462 g/mol. The quantitative estimate of drug-likeness (QED) is 0.496. The summed E-state index contributed by atoms with van der Waals surface area (Å²) in [4.78, 5) is 9.09. The molecule has 0 atom stereocenters. The van der Waals surface area contributed by atoms with E-state index >= 15 is 0 Å². The Labute approximate surface area is 172 Å². The highest BCUT2D eigenvalue weighted by Crippen LogP contribution is 2.22. The van der Waals surface area contributed by atoms with Gasteiger partial charge in [-0.15, -0.1) is 0 Å². The Hall–Kier alpha value is -2.33. The summed E-state index contributed by atoms with van der Waals surface area (Å²) in [6.07, 6.45) is 0.675. The van der Waals surface area contributed by atoms with Gasteiger partial charge in [-0.05, 0) is 42.3 Å². The smallest absolute Gasteiger partial charge is 0.238 e. The lowest BCUT2D eigenvalue weighted by Gasteiger charge is -2.10. The summed E-state index contributed by atoms with van der Waals surface area (Å²) in [5.41, 5.74) is 9.26. The summed E-state index contributed by atoms with van der Waals surface area (Å²) < 4.78 is 23.6. The van der Waals surface area contributed by atoms with Gasteiger partial charge in [-0.2, -0.15) is 0 Å². The van der Waals surface area contributed by atoms with Crippen molar-refractivity contribution in [3.63, 3.8) is 0 Å². The molecule has 0 aliphatic heterocycles. The Morgan fingerprint density at radius 1 is 1.00 bits per heavy atom. The molecule has 0 saturated heterocycles. The minimum absolute atomic E-state index is 0.0994. The summed E-state index contributed by atoms with van der Waals surface area (Å²) in [6.45, 7) is 0.901. The highest BCUT2D eigenvalue weighted by molar-refractivity contribution is 9.10. The zero-order chi connectivity index (χ0) is 20.1. The van der Waals surface area contributed by atoms with Crippen LogP contribution in [0, 0.1) is 0 Å². The second-order valence-corrected chi connectivity index (χ2v) is 8.62. The fraction of sp³-hybridized carbons (Fsp3) is 0.158. The predicted molar refractivity (Wildman–Crippen MR) is 113 cm³/mol. The van der Waals surface area contributed by atoms with E-state index in [4.69, 9.17) is 10.9 Å². The van der Waals surface area contributed by atoms with Crippen LogP contribution in [0.15, 0.2) is 64.0 Å². The van der Waals surface area contributed by atoms with Gasteiger partial charge in [-0.25, -0.2) is 23.5 Å². The number of anilines is 1. The van der Waals surface area contributed by atoms with E-state index in [-0.39, 0.29) is 4.90 Å². The van der Waals surface area contributed by atoms with Gasteiger partial charge in [0.1, 0.15) is 0 Å². The van der Waals surface area contributed by atoms with E-state index in [0.717, 1.165) is 27.0 Å². The molecule has 9 heteroatoms. The molecule has 0 radical (unpaired) electrons. The van der Waals surface area contributed by atoms with Crippen molar-refractivity contribution in [2.75, 3.05) is 11.9 Å². The largest absolute Gasteiger partial charge is 0.354 e. The third kappa shape index (κ3) is 5.35. The number of sulfonamides is 1. The highest BCUT2D eigenvalue weighted by atomic mass is 79.9. The topological polar surface area (TPSA) is 124 Å². The first-order chi connectivity index (χ1) is 13.3. The minimum atomic E-state index is -3.68. The molecule has 0 amide bonds. The molecule has 0 aliphatic rings. The molecule has 0 aliphatic carbocycles. The van der Waals surface area contributed by atoms with Gasteiger partial charge in [0.2, 0.25) is 16.0 Å². The van der Waals surface area contributed by atoms with E-state index < -0.39 is 10.0 Å². The van der Waals surface area contributed by atoms with Gasteiger partial charge < -0.3 is 11.1 Å². The number of hydrogen-bond donors (Lipinski definition) is 3. The van der Waals surface area contributed by atoms with Crippen LogP contribution in [-0.2, 0) is 23.0 Å². The molecule has 1 aromatic heterocycles. The van der Waals surface area contributed by atoms with Crippen molar-refractivity contribution < 1.29 is 8.42 Å². The molecule has 146 valence electrons. The Bertz CT molecular complexity index is 1050. The normalized spacial score (nSPS) is 11.4. The maximum atomic E-state index is 11.3. The lowest BCUT2D eigenvalue weighted by atomic mass is 10.1. The molecular formula is C19H20BrN5O2S. The maximum absolute atomic E-state index is 11.3. The van der Waals surface area contributed by atoms with Gasteiger partial charge >= 0.3 is 0 Å². The highest BCUT2D eigenvalue weighted by Gasteiger charge is 2.08. The van der Waals surface area contributed by atoms with Crippen LogP contribution in [0.25, 0.3) is 11.3 Å². The third-order valence-corrected chi connectivity index (χ3v) is 5.53. The SMILES string of the molecule is NCc1cc(-c2ccc(Br)cc2)nc(NCCc2ccc(S(N)(=O)=O)cc2)n1. The van der Waals surface area contributed by atoms with E-state index in [2.05, 4.69) is 31.2 Å². The number of nitrogens with zero attached hydrogens (tertiary/aromatic N) is 2. The van der Waals surface area contributed by atoms with Crippen LogP contribution in [0.2, 0.25) is 0 Å². The molecule has 0 unspecified atom stereocenters. The Morgan fingerprint density at radius 3 is 2.29 bits per heavy atom. The molecule has 3 rings (SSSR count). The van der Waals surface area contributed by atoms with E-state index in [1.165, 1.54) is 12.1 Å². The lowest BCUT2D eigenvalue weighted by molar-refractivity contribution is 0.598. The van der Waals surface area contributed by atoms with E-state index in [1.54, 1.807) is 12.1 Å². The number of primary sulfonamides is 1. The van der Waals surface area contributed by atoms with E-state index in [9.17, 15) is 8.42 Å². The molecule has 5 N–H and O–H groups in total. The molecule has 0 fully saturated rings. The minimum Gasteiger partial charge on any atom is -0.354 e. The average Bonchev–Trinajstić information content (AvgIpc) is 2.68. The lowest BCUT2D eigenvalue weighted by Crippen LogP contribution is -2.13. The number of nitrogens with two attached hydrogens (primary N) is 2. The van der Waals surface area contributed by atoms with Gasteiger partial charge in [-0.1, -0.05) is 40.2 Å². The van der Waals surface area contributed by atoms with Gasteiger partial charge in [-0.3, -0.25) is 0 Å². The second-order valence-electron chi connectivity index (χ2n) is 6.14. The molecule has 2 aromatic carbocycles. The van der Waals surface area contributed by atoms with Gasteiger partial charge in [0.05, 0.1) is 16.3 Å². The number of benzene rings is 2. The van der Waals surface area contributed by atoms with Crippen LogP contribution in [0.4, 0.5) is 5.95 Å². The first-order valence-electron chi connectivity index (χ1n) is 8.55. The van der Waals surface area contributed by atoms with E-state index in [1.807, 2.05) is 30.3 Å². The number of halogens is 1. The van der Waals surface area contributed by atoms with Crippen LogP contribution in [0.3, 0.4) is 0 Å². The van der Waals surface area contributed by atoms with Gasteiger partial charge in [0.25, 0.3) is 0 Å². The number of rotatable bonds is 7. The summed E-state index contributed by atoms with van der Waals surface area (Å²) >= 11 is 3.43. The Morgan fingerprint density at radius 2 is 1.68 bits per heavy atom. The number of hydrogen-bond acceptors (Lipinski definition) is 6. The predicted octanol–water partition coefficient (Wildman–Crippen LogP) is 2.67. The maximum Gasteiger partial charge on any atom is 0.238 e. The van der Waals surface area contributed by atoms with Crippen molar-refractivity contribution in [1.29, 1.82) is 0 Å². The molecule has 0 spiro atoms. The van der Waals surface area contributed by atoms with Crippen molar-refractivity contribution >= 4 is 31.9 Å². The second kappa shape index (κ2) is 8.78. The Kier molecular flexibility index (Phi) is 6.40. The van der Waals surface area contributed by atoms with Gasteiger partial charge in [0, 0.05) is 23.1 Å². The zero-order valence-electron chi connectivity index (χ0n) is 15.0. The third-order valence-electron chi connectivity index (χ3n) is 4.08. The molecule has 0 saturated carbocycles. The number of aromatic nitrogens is 2. The molecule has 7 nitrogen and oxygen atoms in total. The number of nitrogens with one attached hydrogen (secondary N) is 1. The van der Waals surface area contributed by atoms with Crippen molar-refractivity contribution in [3.8, 4) is 11.3 Å². The summed E-state index contributed by atoms with van der Waals surface area (Å²) in [6, 6.07) is 16.2. The fourth-order valence-corrected chi connectivity index (χ4v) is 3.39. The molecule has 1 heterocycles. The van der Waals surface area contributed by atoms with Crippen molar-refractivity contribution in [2.24, 2.45) is 10.9 Å². The molecule has 3 aromatic rings. The standard InChI is InChI=1S/C19H20BrN5O2S/c20-15-5-3-14(4-6-15)18-11-16(12-21)24-19(25-18)23-10-9-13-1-7-17(8-2-13)28(22,26)27/h1-8,11H,9-10,12,21H2,(H2,22,26,27)(H,23,24,25). The van der Waals surface area contributed by atoms with E-state index in [0.29, 0.717) is 25.5 Å². The van der Waals surface area contributed by atoms with Gasteiger partial charge in [0.15, 0.2) is 0 Å². The van der Waals surface area contributed by atoms with Crippen LogP contribution in [-0.4, -0.2) is 24.9 Å². The van der Waals surface area contributed by atoms with Crippen LogP contribution in [0.1, 0.15) is 11.3 Å². The first kappa shape index (κ1) is 20.4. The fourth-order valence-electron chi connectivity index (χ4n) is 2.61. The molecule has 28 heavy (non-hydrogen) atoms. The summed E-state index contributed by atoms with van der Waals surface area (Å²) in [5, 5.41) is 8.32. The van der Waals surface area contributed by atoms with Crippen LogP contribution >= 0.6 is 15.9 Å². The zero-order valence-corrected chi connectivity index (χ0v) is 17.4. The monoisotopic (exact) mass is 461 g/mol. The van der Waals surface area contributed by atoms with Crippen LogP contribution in [0.5, 0.6) is 0 Å². The van der Waals surface area contributed by atoms with Crippen molar-refractivity contribution in [2.45, 2.75) is 17.9 Å². The van der Waals surface area contributed by atoms with Crippen molar-refractivity contribution in [3.05, 3.63) is 70.3 Å². The summed E-state index contributed by atoms with van der Waals surface area (Å²) in [7, 11) is -3.68. The summed E-state index contributed by atoms with van der Waals surface area (Å²) in [5.74, 6) is 0.502. The Balaban J connectivity index is 1.70. The first-order valence-corrected chi connectivity index (χ1v) is 10.9.